The van der Waals surface area contributed by atoms with Crippen molar-refractivity contribution in [2.45, 2.75) is 6.92 Å². The smallest absolute Gasteiger partial charge is 0.333 e. The molecule has 3 heteroatoms. The molecular weight excluding hydrogens is 264 g/mol. The Kier molecular flexibility index (Phi) is 5.59. The fraction of sp³-hybridized carbons (Fsp3) is 0.167. The largest absolute Gasteiger partial charge is 0.490 e. The molecule has 0 amide bonds. The maximum atomic E-state index is 11.8. The molecule has 0 N–H and O–H groups in total. The summed E-state index contributed by atoms with van der Waals surface area (Å²) in [5.74, 6) is 0.445. The van der Waals surface area contributed by atoms with Gasteiger partial charge in [0.15, 0.2) is 0 Å². The molecule has 0 unspecified atom stereocenters. The highest BCUT2D eigenvalue weighted by atomic mass is 16.6. The SMILES string of the molecule is CC(=Cc1ccccc1)C(=O)OCCOc1ccccc1. The lowest BCUT2D eigenvalue weighted by Crippen LogP contribution is -2.12. The Morgan fingerprint density at radius 2 is 1.57 bits per heavy atom. The van der Waals surface area contributed by atoms with Gasteiger partial charge < -0.3 is 9.47 Å². The van der Waals surface area contributed by atoms with E-state index in [9.17, 15) is 4.79 Å². The first-order valence-corrected chi connectivity index (χ1v) is 6.84. The van der Waals surface area contributed by atoms with E-state index in [2.05, 4.69) is 0 Å². The average Bonchev–Trinajstić information content (AvgIpc) is 2.53. The molecule has 0 aliphatic rings. The van der Waals surface area contributed by atoms with Gasteiger partial charge in [-0.1, -0.05) is 48.5 Å². The number of ether oxygens (including phenoxy) is 2. The van der Waals surface area contributed by atoms with Crippen molar-refractivity contribution in [3.05, 3.63) is 71.8 Å². The molecule has 0 heterocycles. The van der Waals surface area contributed by atoms with Crippen molar-refractivity contribution in [3.63, 3.8) is 0 Å². The van der Waals surface area contributed by atoms with Crippen molar-refractivity contribution in [1.82, 2.24) is 0 Å². The van der Waals surface area contributed by atoms with Gasteiger partial charge in [-0.05, 0) is 30.7 Å². The fourth-order valence-electron chi connectivity index (χ4n) is 1.78. The number of esters is 1. The predicted octanol–water partition coefficient (Wildman–Crippen LogP) is 3.71. The van der Waals surface area contributed by atoms with Crippen molar-refractivity contribution in [2.75, 3.05) is 13.2 Å². The van der Waals surface area contributed by atoms with E-state index >= 15 is 0 Å². The van der Waals surface area contributed by atoms with Gasteiger partial charge in [0.25, 0.3) is 0 Å². The second-order valence-electron chi connectivity index (χ2n) is 4.54. The van der Waals surface area contributed by atoms with Crippen molar-refractivity contribution in [3.8, 4) is 5.75 Å². The molecule has 2 aromatic rings. The molecule has 21 heavy (non-hydrogen) atoms. The lowest BCUT2D eigenvalue weighted by atomic mass is 10.1. The van der Waals surface area contributed by atoms with Crippen LogP contribution in [0, 0.1) is 0 Å². The minimum absolute atomic E-state index is 0.230. The number of carbonyl (C=O) groups is 1. The zero-order valence-corrected chi connectivity index (χ0v) is 12.0. The van der Waals surface area contributed by atoms with Crippen LogP contribution in [-0.2, 0) is 9.53 Å². The van der Waals surface area contributed by atoms with E-state index in [1.807, 2.05) is 60.7 Å². The Morgan fingerprint density at radius 1 is 0.952 bits per heavy atom. The summed E-state index contributed by atoms with van der Waals surface area (Å²) in [5, 5.41) is 0. The molecule has 0 atom stereocenters. The van der Waals surface area contributed by atoms with Crippen LogP contribution in [0.15, 0.2) is 66.2 Å². The third-order valence-electron chi connectivity index (χ3n) is 2.83. The molecule has 0 aliphatic carbocycles. The van der Waals surface area contributed by atoms with Gasteiger partial charge in [0.05, 0.1) is 0 Å². The number of hydrogen-bond acceptors (Lipinski definition) is 3. The van der Waals surface area contributed by atoms with Crippen molar-refractivity contribution in [1.29, 1.82) is 0 Å². The van der Waals surface area contributed by atoms with E-state index in [1.165, 1.54) is 0 Å². The summed E-state index contributed by atoms with van der Waals surface area (Å²) in [5.41, 5.74) is 1.55. The second-order valence-corrected chi connectivity index (χ2v) is 4.54. The highest BCUT2D eigenvalue weighted by molar-refractivity contribution is 5.92. The summed E-state index contributed by atoms with van der Waals surface area (Å²) in [6.45, 7) is 2.31. The highest BCUT2D eigenvalue weighted by Crippen LogP contribution is 2.09. The molecular formula is C18H18O3. The van der Waals surface area contributed by atoms with E-state index in [1.54, 1.807) is 13.0 Å². The van der Waals surface area contributed by atoms with E-state index in [-0.39, 0.29) is 12.6 Å². The molecule has 0 radical (unpaired) electrons. The average molecular weight is 282 g/mol. The van der Waals surface area contributed by atoms with E-state index in [4.69, 9.17) is 9.47 Å². The normalized spacial score (nSPS) is 11.0. The van der Waals surface area contributed by atoms with Gasteiger partial charge in [-0.2, -0.15) is 0 Å². The van der Waals surface area contributed by atoms with E-state index in [0.717, 1.165) is 11.3 Å². The second kappa shape index (κ2) is 7.90. The number of rotatable bonds is 6. The quantitative estimate of drug-likeness (QED) is 0.460. The molecule has 2 aromatic carbocycles. The van der Waals surface area contributed by atoms with Crippen LogP contribution in [0.1, 0.15) is 12.5 Å². The number of benzene rings is 2. The Balaban J connectivity index is 1.75. The summed E-state index contributed by atoms with van der Waals surface area (Å²) >= 11 is 0. The summed E-state index contributed by atoms with van der Waals surface area (Å²) in [6, 6.07) is 19.1. The standard InChI is InChI=1S/C18H18O3/c1-15(14-16-8-4-2-5-9-16)18(19)21-13-12-20-17-10-6-3-7-11-17/h2-11,14H,12-13H2,1H3. The molecule has 0 aliphatic heterocycles. The molecule has 0 aromatic heterocycles. The van der Waals surface area contributed by atoms with Crippen molar-refractivity contribution < 1.29 is 14.3 Å². The van der Waals surface area contributed by atoms with Crippen LogP contribution in [0.25, 0.3) is 6.08 Å². The zero-order valence-electron chi connectivity index (χ0n) is 12.0. The molecule has 0 saturated heterocycles. The van der Waals surface area contributed by atoms with Crippen LogP contribution in [0.3, 0.4) is 0 Å². The summed E-state index contributed by atoms with van der Waals surface area (Å²) in [7, 11) is 0. The van der Waals surface area contributed by atoms with Gasteiger partial charge in [-0.3, -0.25) is 0 Å². The number of para-hydroxylation sites is 1. The predicted molar refractivity (Wildman–Crippen MR) is 83.0 cm³/mol. The molecule has 0 spiro atoms. The lowest BCUT2D eigenvalue weighted by molar-refractivity contribution is -0.139. The van der Waals surface area contributed by atoms with Crippen LogP contribution >= 0.6 is 0 Å². The van der Waals surface area contributed by atoms with E-state index < -0.39 is 0 Å². The maximum absolute atomic E-state index is 11.8. The minimum atomic E-state index is -0.324. The maximum Gasteiger partial charge on any atom is 0.333 e. The monoisotopic (exact) mass is 282 g/mol. The van der Waals surface area contributed by atoms with Crippen molar-refractivity contribution >= 4 is 12.0 Å². The number of hydrogen-bond donors (Lipinski definition) is 0. The third-order valence-corrected chi connectivity index (χ3v) is 2.83. The van der Waals surface area contributed by atoms with Gasteiger partial charge in [-0.25, -0.2) is 4.79 Å². The zero-order chi connectivity index (χ0) is 14.9. The fourth-order valence-corrected chi connectivity index (χ4v) is 1.78. The molecule has 2 rings (SSSR count). The molecule has 0 saturated carbocycles. The first-order valence-electron chi connectivity index (χ1n) is 6.84. The molecule has 3 nitrogen and oxygen atoms in total. The lowest BCUT2D eigenvalue weighted by Gasteiger charge is -2.07. The molecule has 0 bridgehead atoms. The van der Waals surface area contributed by atoms with Crippen LogP contribution < -0.4 is 4.74 Å². The Bertz CT molecular complexity index is 588. The Labute approximate surface area is 124 Å². The molecule has 0 fully saturated rings. The summed E-state index contributed by atoms with van der Waals surface area (Å²) < 4.78 is 10.6. The van der Waals surface area contributed by atoms with Crippen LogP contribution in [0.2, 0.25) is 0 Å². The third kappa shape index (κ3) is 5.15. The first kappa shape index (κ1) is 14.9. The minimum Gasteiger partial charge on any atom is -0.490 e. The topological polar surface area (TPSA) is 35.5 Å². The van der Waals surface area contributed by atoms with Crippen molar-refractivity contribution in [2.24, 2.45) is 0 Å². The van der Waals surface area contributed by atoms with Crippen LogP contribution in [0.5, 0.6) is 5.75 Å². The van der Waals surface area contributed by atoms with Crippen LogP contribution in [0.4, 0.5) is 0 Å². The van der Waals surface area contributed by atoms with Gasteiger partial charge >= 0.3 is 5.97 Å². The van der Waals surface area contributed by atoms with Gasteiger partial charge in [0.2, 0.25) is 0 Å². The number of carbonyl (C=O) groups excluding carboxylic acids is 1. The Morgan fingerprint density at radius 3 is 2.24 bits per heavy atom. The first-order chi connectivity index (χ1) is 10.3. The van der Waals surface area contributed by atoms with Gasteiger partial charge in [-0.15, -0.1) is 0 Å². The summed E-state index contributed by atoms with van der Waals surface area (Å²) in [4.78, 5) is 11.8. The van der Waals surface area contributed by atoms with Gasteiger partial charge in [0.1, 0.15) is 19.0 Å². The van der Waals surface area contributed by atoms with E-state index in [0.29, 0.717) is 12.2 Å². The van der Waals surface area contributed by atoms with Crippen LogP contribution in [-0.4, -0.2) is 19.2 Å². The summed E-state index contributed by atoms with van der Waals surface area (Å²) in [6.07, 6.45) is 1.81. The van der Waals surface area contributed by atoms with Gasteiger partial charge in [0, 0.05) is 5.57 Å². The Hall–Kier alpha value is -2.55. The highest BCUT2D eigenvalue weighted by Gasteiger charge is 2.05. The molecule has 108 valence electrons.